The number of fused-ring (bicyclic) bond motifs is 1. The van der Waals surface area contributed by atoms with Crippen LogP contribution in [0.1, 0.15) is 31.7 Å². The number of hydrogen-bond acceptors (Lipinski definition) is 2. The Labute approximate surface area is 126 Å². The Balaban J connectivity index is 0.00000147. The number of rotatable bonds is 2. The predicted octanol–water partition coefficient (Wildman–Crippen LogP) is 2.76. The number of nitrogens with two attached hydrogens (primary N) is 1. The summed E-state index contributed by atoms with van der Waals surface area (Å²) in [6.45, 7) is 2.78. The molecule has 1 aromatic rings. The van der Waals surface area contributed by atoms with Gasteiger partial charge in [-0.05, 0) is 50.3 Å². The first-order chi connectivity index (χ1) is 9.22. The molecule has 1 aliphatic heterocycles. The Morgan fingerprint density at radius 1 is 1.35 bits per heavy atom. The zero-order chi connectivity index (χ0) is 13.4. The van der Waals surface area contributed by atoms with Gasteiger partial charge in [0.05, 0.1) is 0 Å². The molecule has 20 heavy (non-hydrogen) atoms. The molecule has 0 spiro atoms. The molecule has 0 radical (unpaired) electrons. The minimum atomic E-state index is 0. The van der Waals surface area contributed by atoms with Crippen molar-refractivity contribution in [3.63, 3.8) is 0 Å². The molecule has 2 N–H and O–H groups in total. The number of benzene rings is 1. The Kier molecular flexibility index (Phi) is 4.71. The van der Waals surface area contributed by atoms with Gasteiger partial charge in [-0.25, -0.2) is 0 Å². The predicted molar refractivity (Wildman–Crippen MR) is 84.2 cm³/mol. The lowest BCUT2D eigenvalue weighted by Crippen LogP contribution is -2.42. The maximum atomic E-state index is 12.9. The van der Waals surface area contributed by atoms with Gasteiger partial charge >= 0.3 is 0 Å². The molecular formula is C16H23ClN2O. The summed E-state index contributed by atoms with van der Waals surface area (Å²) in [6.07, 6.45) is 4.23. The molecule has 110 valence electrons. The van der Waals surface area contributed by atoms with Crippen LogP contribution in [0.3, 0.4) is 0 Å². The highest BCUT2D eigenvalue weighted by atomic mass is 35.5. The minimum absolute atomic E-state index is 0. The Morgan fingerprint density at radius 2 is 2.10 bits per heavy atom. The highest BCUT2D eigenvalue weighted by Crippen LogP contribution is 2.38. The zero-order valence-corrected chi connectivity index (χ0v) is 12.7. The summed E-state index contributed by atoms with van der Waals surface area (Å²) in [5.41, 5.74) is 8.23. The number of halogens is 1. The van der Waals surface area contributed by atoms with Gasteiger partial charge in [-0.2, -0.15) is 0 Å². The van der Waals surface area contributed by atoms with E-state index in [-0.39, 0.29) is 24.4 Å². The molecule has 3 nitrogen and oxygen atoms in total. The van der Waals surface area contributed by atoms with Crippen molar-refractivity contribution in [3.8, 4) is 0 Å². The van der Waals surface area contributed by atoms with E-state index in [0.29, 0.717) is 18.4 Å². The number of carbonyl (C=O) groups is 1. The Hall–Kier alpha value is -1.06. The van der Waals surface area contributed by atoms with Gasteiger partial charge in [-0.3, -0.25) is 4.79 Å². The molecule has 1 heterocycles. The third kappa shape index (κ3) is 2.45. The number of para-hydroxylation sites is 1. The quantitative estimate of drug-likeness (QED) is 0.912. The maximum absolute atomic E-state index is 12.9. The third-order valence-corrected chi connectivity index (χ3v) is 4.72. The number of anilines is 1. The van der Waals surface area contributed by atoms with Crippen molar-refractivity contribution in [1.82, 2.24) is 0 Å². The second-order valence-electron chi connectivity index (χ2n) is 5.92. The van der Waals surface area contributed by atoms with E-state index in [9.17, 15) is 4.79 Å². The van der Waals surface area contributed by atoms with Crippen LogP contribution in [-0.2, 0) is 11.2 Å². The maximum Gasteiger partial charge on any atom is 0.230 e. The molecule has 3 rings (SSSR count). The second-order valence-corrected chi connectivity index (χ2v) is 5.92. The zero-order valence-electron chi connectivity index (χ0n) is 11.9. The molecule has 1 unspecified atom stereocenters. The second kappa shape index (κ2) is 6.15. The molecule has 1 amide bonds. The van der Waals surface area contributed by atoms with Gasteiger partial charge in [-0.1, -0.05) is 24.6 Å². The van der Waals surface area contributed by atoms with Crippen molar-refractivity contribution in [1.29, 1.82) is 0 Å². The number of amides is 1. The summed E-state index contributed by atoms with van der Waals surface area (Å²) in [6, 6.07) is 8.56. The summed E-state index contributed by atoms with van der Waals surface area (Å²) in [5.74, 6) is 0.816. The normalized spacial score (nSPS) is 28.1. The summed E-state index contributed by atoms with van der Waals surface area (Å²) in [5, 5.41) is 0. The van der Waals surface area contributed by atoms with Crippen molar-refractivity contribution in [3.05, 3.63) is 29.8 Å². The largest absolute Gasteiger partial charge is 0.330 e. The van der Waals surface area contributed by atoms with Crippen molar-refractivity contribution in [2.24, 2.45) is 17.6 Å². The highest BCUT2D eigenvalue weighted by molar-refractivity contribution is 5.98. The van der Waals surface area contributed by atoms with Crippen LogP contribution in [-0.4, -0.2) is 18.5 Å². The molecular weight excluding hydrogens is 272 g/mol. The average molecular weight is 295 g/mol. The summed E-state index contributed by atoms with van der Waals surface area (Å²) < 4.78 is 0. The number of nitrogens with zero attached hydrogens (tertiary/aromatic N) is 1. The fourth-order valence-corrected chi connectivity index (χ4v) is 3.72. The van der Waals surface area contributed by atoms with Crippen molar-refractivity contribution in [2.75, 3.05) is 11.4 Å². The lowest BCUT2D eigenvalue weighted by Gasteiger charge is -2.28. The van der Waals surface area contributed by atoms with Gasteiger partial charge < -0.3 is 10.6 Å². The fourth-order valence-electron chi connectivity index (χ4n) is 3.72. The lowest BCUT2D eigenvalue weighted by molar-refractivity contribution is -0.123. The van der Waals surface area contributed by atoms with Gasteiger partial charge in [0.15, 0.2) is 0 Å². The topological polar surface area (TPSA) is 46.3 Å². The molecule has 4 heteroatoms. The van der Waals surface area contributed by atoms with E-state index >= 15 is 0 Å². The van der Waals surface area contributed by atoms with E-state index in [1.165, 1.54) is 5.56 Å². The first-order valence-corrected chi connectivity index (χ1v) is 7.33. The van der Waals surface area contributed by atoms with Gasteiger partial charge in [-0.15, -0.1) is 12.4 Å². The summed E-state index contributed by atoms with van der Waals surface area (Å²) in [7, 11) is 0. The Bertz CT molecular complexity index is 491. The molecule has 0 aromatic heterocycles. The van der Waals surface area contributed by atoms with Gasteiger partial charge in [0, 0.05) is 17.6 Å². The smallest absolute Gasteiger partial charge is 0.230 e. The van der Waals surface area contributed by atoms with Gasteiger partial charge in [0.25, 0.3) is 0 Å². The van der Waals surface area contributed by atoms with Gasteiger partial charge in [0.1, 0.15) is 0 Å². The molecule has 0 saturated heterocycles. The average Bonchev–Trinajstić information content (AvgIpc) is 3.00. The minimum Gasteiger partial charge on any atom is -0.330 e. The molecule has 1 aromatic carbocycles. The van der Waals surface area contributed by atoms with Crippen LogP contribution in [0.4, 0.5) is 5.69 Å². The first-order valence-electron chi connectivity index (χ1n) is 7.33. The van der Waals surface area contributed by atoms with E-state index in [1.54, 1.807) is 0 Å². The molecule has 1 aliphatic carbocycles. The lowest BCUT2D eigenvalue weighted by atomic mass is 9.94. The number of carbonyl (C=O) groups excluding carboxylic acids is 1. The van der Waals surface area contributed by atoms with Crippen molar-refractivity contribution >= 4 is 24.0 Å². The molecule has 0 bridgehead atoms. The fraction of sp³-hybridized carbons (Fsp3) is 0.562. The third-order valence-electron chi connectivity index (χ3n) is 4.72. The van der Waals surface area contributed by atoms with Crippen LogP contribution >= 0.6 is 12.4 Å². The molecule has 1 saturated carbocycles. The van der Waals surface area contributed by atoms with Crippen LogP contribution < -0.4 is 10.6 Å². The molecule has 1 fully saturated rings. The van der Waals surface area contributed by atoms with Crippen molar-refractivity contribution < 1.29 is 4.79 Å². The van der Waals surface area contributed by atoms with E-state index in [0.717, 1.165) is 31.4 Å². The van der Waals surface area contributed by atoms with E-state index in [2.05, 4.69) is 25.1 Å². The van der Waals surface area contributed by atoms with E-state index in [4.69, 9.17) is 5.73 Å². The van der Waals surface area contributed by atoms with E-state index < -0.39 is 0 Å². The van der Waals surface area contributed by atoms with Crippen molar-refractivity contribution in [2.45, 2.75) is 38.6 Å². The van der Waals surface area contributed by atoms with Crippen LogP contribution in [0.5, 0.6) is 0 Å². The molecule has 3 atom stereocenters. The van der Waals surface area contributed by atoms with Crippen LogP contribution in [0.15, 0.2) is 24.3 Å². The highest BCUT2D eigenvalue weighted by Gasteiger charge is 2.39. The SMILES string of the molecule is CC1Cc2ccccc2N1C(=O)[C@@H]1CCC[C@@H]1CN.Cl. The Morgan fingerprint density at radius 3 is 2.85 bits per heavy atom. The standard InChI is InChI=1S/C16H22N2O.ClH/c1-11-9-12-5-2-3-8-15(12)18(11)16(19)14-7-4-6-13(14)10-17;/h2-3,5,8,11,13-14H,4,6-7,9-10,17H2,1H3;1H/t11?,13-,14-;/m1./s1. The monoisotopic (exact) mass is 294 g/mol. The van der Waals surface area contributed by atoms with E-state index in [1.807, 2.05) is 11.0 Å². The van der Waals surface area contributed by atoms with Crippen LogP contribution in [0, 0.1) is 11.8 Å². The summed E-state index contributed by atoms with van der Waals surface area (Å²) >= 11 is 0. The van der Waals surface area contributed by atoms with Gasteiger partial charge in [0.2, 0.25) is 5.91 Å². The molecule has 2 aliphatic rings. The van der Waals surface area contributed by atoms with Crippen LogP contribution in [0.2, 0.25) is 0 Å². The number of hydrogen-bond donors (Lipinski definition) is 1. The summed E-state index contributed by atoms with van der Waals surface area (Å²) in [4.78, 5) is 14.9. The van der Waals surface area contributed by atoms with Crippen LogP contribution in [0.25, 0.3) is 0 Å². The first kappa shape index (κ1) is 15.3.